The molecular weight excluding hydrogens is 443 g/mol. The molecule has 2 N–H and O–H groups in total. The molecule has 0 spiro atoms. The van der Waals surface area contributed by atoms with Crippen LogP contribution in [0.1, 0.15) is 18.0 Å². The van der Waals surface area contributed by atoms with Crippen LogP contribution in [0.4, 0.5) is 4.39 Å². The summed E-state index contributed by atoms with van der Waals surface area (Å²) < 4.78 is 42.5. The Morgan fingerprint density at radius 1 is 0.970 bits per heavy atom. The van der Waals surface area contributed by atoms with Crippen LogP contribution < -0.4 is 10.0 Å². The number of benzene rings is 3. The maximum Gasteiger partial charge on any atom is 0.240 e. The largest absolute Gasteiger partial charge is 0.347 e. The molecule has 0 radical (unpaired) electrons. The van der Waals surface area contributed by atoms with Gasteiger partial charge < -0.3 is 9.88 Å². The fourth-order valence-corrected chi connectivity index (χ4v) is 4.58. The van der Waals surface area contributed by atoms with E-state index in [0.29, 0.717) is 6.54 Å². The normalized spacial score (nSPS) is 12.5. The van der Waals surface area contributed by atoms with Gasteiger partial charge in [0.15, 0.2) is 0 Å². The molecule has 0 bridgehead atoms. The van der Waals surface area contributed by atoms with Gasteiger partial charge in [-0.25, -0.2) is 22.5 Å². The number of para-hydroxylation sites is 2. The van der Waals surface area contributed by atoms with Crippen molar-refractivity contribution in [3.05, 3.63) is 96.6 Å². The van der Waals surface area contributed by atoms with E-state index in [2.05, 4.69) is 15.0 Å². The standard InChI is InChI=1S/C24H23FN4O3S/c25-19-12-10-18(11-13-19)22(16-29-17-26-21-8-4-5-9-23(21)29)28-24(30)14-15-27-33(31,32)20-6-2-1-3-7-20/h1-13,17,22,27H,14-16H2,(H,28,30). The van der Waals surface area contributed by atoms with Crippen LogP contribution in [-0.4, -0.2) is 30.4 Å². The molecule has 33 heavy (non-hydrogen) atoms. The number of rotatable bonds is 9. The Hall–Kier alpha value is -3.56. The number of hydrogen-bond donors (Lipinski definition) is 2. The van der Waals surface area contributed by atoms with Crippen LogP contribution in [-0.2, 0) is 21.4 Å². The second-order valence-electron chi connectivity index (χ2n) is 7.52. The minimum absolute atomic E-state index is 0.0472. The number of amides is 1. The molecule has 0 aliphatic rings. The molecule has 1 unspecified atom stereocenters. The van der Waals surface area contributed by atoms with E-state index in [4.69, 9.17) is 0 Å². The van der Waals surface area contributed by atoms with Gasteiger partial charge in [-0.05, 0) is 42.0 Å². The molecule has 170 valence electrons. The molecule has 9 heteroatoms. The fraction of sp³-hybridized carbons (Fsp3) is 0.167. The lowest BCUT2D eigenvalue weighted by Gasteiger charge is -2.20. The number of halogens is 1. The SMILES string of the molecule is O=C(CCNS(=O)(=O)c1ccccc1)NC(Cn1cnc2ccccc21)c1ccc(F)cc1. The zero-order valence-corrected chi connectivity index (χ0v) is 18.5. The number of aromatic nitrogens is 2. The lowest BCUT2D eigenvalue weighted by Crippen LogP contribution is -2.34. The quantitative estimate of drug-likeness (QED) is 0.395. The van der Waals surface area contributed by atoms with Gasteiger partial charge in [0.1, 0.15) is 5.82 Å². The molecular formula is C24H23FN4O3S. The number of imidazole rings is 1. The maximum absolute atomic E-state index is 13.4. The van der Waals surface area contributed by atoms with Gasteiger partial charge in [0.2, 0.25) is 15.9 Å². The molecule has 0 saturated heterocycles. The van der Waals surface area contributed by atoms with Gasteiger partial charge in [-0.1, -0.05) is 42.5 Å². The molecule has 1 atom stereocenters. The van der Waals surface area contributed by atoms with Gasteiger partial charge in [-0.3, -0.25) is 4.79 Å². The summed E-state index contributed by atoms with van der Waals surface area (Å²) in [4.78, 5) is 17.2. The highest BCUT2D eigenvalue weighted by Crippen LogP contribution is 2.20. The first-order valence-corrected chi connectivity index (χ1v) is 11.9. The Balaban J connectivity index is 1.44. The van der Waals surface area contributed by atoms with Crippen LogP contribution in [0.15, 0.2) is 90.1 Å². The Labute approximate surface area is 191 Å². The molecule has 1 amide bonds. The van der Waals surface area contributed by atoms with Crippen LogP contribution in [0.25, 0.3) is 11.0 Å². The predicted molar refractivity (Wildman–Crippen MR) is 123 cm³/mol. The summed E-state index contributed by atoms with van der Waals surface area (Å²) in [6, 6.07) is 21.1. The Morgan fingerprint density at radius 2 is 1.67 bits per heavy atom. The first-order valence-electron chi connectivity index (χ1n) is 10.4. The molecule has 0 aliphatic heterocycles. The monoisotopic (exact) mass is 466 g/mol. The van der Waals surface area contributed by atoms with Crippen molar-refractivity contribution in [1.82, 2.24) is 19.6 Å². The number of hydrogen-bond acceptors (Lipinski definition) is 4. The van der Waals surface area contributed by atoms with E-state index in [1.165, 1.54) is 24.3 Å². The third kappa shape index (κ3) is 5.63. The van der Waals surface area contributed by atoms with E-state index in [1.807, 2.05) is 28.8 Å². The molecule has 1 heterocycles. The van der Waals surface area contributed by atoms with E-state index < -0.39 is 16.1 Å². The third-order valence-corrected chi connectivity index (χ3v) is 6.69. The molecule has 7 nitrogen and oxygen atoms in total. The number of nitrogens with one attached hydrogen (secondary N) is 2. The maximum atomic E-state index is 13.4. The zero-order valence-electron chi connectivity index (χ0n) is 17.7. The van der Waals surface area contributed by atoms with Crippen LogP contribution in [0, 0.1) is 5.82 Å². The van der Waals surface area contributed by atoms with Gasteiger partial charge >= 0.3 is 0 Å². The van der Waals surface area contributed by atoms with Crippen molar-refractivity contribution in [3.63, 3.8) is 0 Å². The third-order valence-electron chi connectivity index (χ3n) is 5.21. The Bertz CT molecular complexity index is 1340. The van der Waals surface area contributed by atoms with Gasteiger partial charge in [-0.2, -0.15) is 0 Å². The van der Waals surface area contributed by atoms with Crippen molar-refractivity contribution >= 4 is 27.0 Å². The zero-order chi connectivity index (χ0) is 23.3. The molecule has 0 fully saturated rings. The molecule has 0 saturated carbocycles. The van der Waals surface area contributed by atoms with E-state index in [1.54, 1.807) is 36.7 Å². The number of fused-ring (bicyclic) bond motifs is 1. The summed E-state index contributed by atoms with van der Waals surface area (Å²) in [5.41, 5.74) is 2.47. The second kappa shape index (κ2) is 9.93. The van der Waals surface area contributed by atoms with Crippen molar-refractivity contribution in [1.29, 1.82) is 0 Å². The highest BCUT2D eigenvalue weighted by molar-refractivity contribution is 7.89. The van der Waals surface area contributed by atoms with Crippen molar-refractivity contribution in [3.8, 4) is 0 Å². The first kappa shape index (κ1) is 22.6. The molecule has 1 aromatic heterocycles. The van der Waals surface area contributed by atoms with Crippen LogP contribution >= 0.6 is 0 Å². The van der Waals surface area contributed by atoms with Crippen LogP contribution in [0.5, 0.6) is 0 Å². The Morgan fingerprint density at radius 3 is 2.42 bits per heavy atom. The van der Waals surface area contributed by atoms with E-state index in [0.717, 1.165) is 16.6 Å². The molecule has 4 aromatic rings. The average Bonchev–Trinajstić information content (AvgIpc) is 3.22. The highest BCUT2D eigenvalue weighted by atomic mass is 32.2. The molecule has 4 rings (SSSR count). The van der Waals surface area contributed by atoms with Crippen molar-refractivity contribution in [2.45, 2.75) is 23.9 Å². The highest BCUT2D eigenvalue weighted by Gasteiger charge is 2.18. The predicted octanol–water partition coefficient (Wildman–Crippen LogP) is 3.40. The fourth-order valence-electron chi connectivity index (χ4n) is 3.53. The number of carbonyl (C=O) groups is 1. The summed E-state index contributed by atoms with van der Waals surface area (Å²) in [5.74, 6) is -0.697. The van der Waals surface area contributed by atoms with E-state index in [9.17, 15) is 17.6 Å². The van der Waals surface area contributed by atoms with Gasteiger partial charge in [0, 0.05) is 19.5 Å². The first-order chi connectivity index (χ1) is 15.9. The summed E-state index contributed by atoms with van der Waals surface area (Å²) >= 11 is 0. The van der Waals surface area contributed by atoms with Crippen LogP contribution in [0.3, 0.4) is 0 Å². The minimum atomic E-state index is -3.69. The van der Waals surface area contributed by atoms with E-state index >= 15 is 0 Å². The topological polar surface area (TPSA) is 93.1 Å². The Kier molecular flexibility index (Phi) is 6.81. The lowest BCUT2D eigenvalue weighted by molar-refractivity contribution is -0.121. The summed E-state index contributed by atoms with van der Waals surface area (Å²) in [7, 11) is -3.69. The number of nitrogens with zero attached hydrogens (tertiary/aromatic N) is 2. The lowest BCUT2D eigenvalue weighted by atomic mass is 10.1. The minimum Gasteiger partial charge on any atom is -0.347 e. The summed E-state index contributed by atoms with van der Waals surface area (Å²) in [6.07, 6.45) is 1.65. The average molecular weight is 467 g/mol. The van der Waals surface area contributed by atoms with Crippen LogP contribution in [0.2, 0.25) is 0 Å². The second-order valence-corrected chi connectivity index (χ2v) is 9.29. The van der Waals surface area contributed by atoms with Crippen molar-refractivity contribution < 1.29 is 17.6 Å². The smallest absolute Gasteiger partial charge is 0.240 e. The molecule has 0 aliphatic carbocycles. The van der Waals surface area contributed by atoms with Gasteiger partial charge in [0.05, 0.1) is 28.3 Å². The van der Waals surface area contributed by atoms with Crippen molar-refractivity contribution in [2.24, 2.45) is 0 Å². The number of sulfonamides is 1. The summed E-state index contributed by atoms with van der Waals surface area (Å²) in [6.45, 7) is 0.334. The van der Waals surface area contributed by atoms with Gasteiger partial charge in [0.25, 0.3) is 0 Å². The van der Waals surface area contributed by atoms with Gasteiger partial charge in [-0.15, -0.1) is 0 Å². The molecule has 3 aromatic carbocycles. The summed E-state index contributed by atoms with van der Waals surface area (Å²) in [5, 5.41) is 2.94. The number of carbonyl (C=O) groups excluding carboxylic acids is 1. The van der Waals surface area contributed by atoms with Crippen molar-refractivity contribution in [2.75, 3.05) is 6.54 Å². The van der Waals surface area contributed by atoms with E-state index in [-0.39, 0.29) is 29.6 Å².